The van der Waals surface area contributed by atoms with Crippen LogP contribution in [0.5, 0.6) is 5.75 Å². The number of aromatic hydroxyl groups is 1. The molecule has 0 saturated carbocycles. The minimum Gasteiger partial charge on any atom is -0.507 e. The van der Waals surface area contributed by atoms with Crippen LogP contribution >= 0.6 is 0 Å². The van der Waals surface area contributed by atoms with E-state index in [0.29, 0.717) is 11.7 Å². The topological polar surface area (TPSA) is 20.2 Å². The van der Waals surface area contributed by atoms with Crippen molar-refractivity contribution in [2.45, 2.75) is 26.7 Å². The summed E-state index contributed by atoms with van der Waals surface area (Å²) < 4.78 is 0. The Balaban J connectivity index is 2.85. The van der Waals surface area contributed by atoms with Crippen LogP contribution in [0.4, 0.5) is 0 Å². The molecular weight excluding hydrogens is 184 g/mol. The van der Waals surface area contributed by atoms with Gasteiger partial charge in [-0.05, 0) is 35.4 Å². The van der Waals surface area contributed by atoms with Crippen LogP contribution < -0.4 is 0 Å². The molecule has 0 radical (unpaired) electrons. The molecule has 0 unspecified atom stereocenters. The molecule has 0 fully saturated rings. The highest BCUT2D eigenvalue weighted by atomic mass is 16.3. The van der Waals surface area contributed by atoms with E-state index >= 15 is 0 Å². The number of phenolic OH excluding ortho intramolecular Hbond substituents is 1. The van der Waals surface area contributed by atoms with Crippen LogP contribution in [0.3, 0.4) is 0 Å². The van der Waals surface area contributed by atoms with Crippen LogP contribution in [-0.2, 0) is 0 Å². The standard InChI is InChI=1S/C14H16O/c1-9(2)11-5-4-6-12-13(11)7-10(3)8-14(12)15/h4-9,15H,1-3H3. The second-order valence-electron chi connectivity index (χ2n) is 4.38. The molecule has 0 amide bonds. The van der Waals surface area contributed by atoms with Crippen molar-refractivity contribution >= 4 is 10.8 Å². The summed E-state index contributed by atoms with van der Waals surface area (Å²) in [4.78, 5) is 0. The fourth-order valence-electron chi connectivity index (χ4n) is 2.03. The molecule has 0 aliphatic carbocycles. The number of rotatable bonds is 1. The summed E-state index contributed by atoms with van der Waals surface area (Å²) in [5.74, 6) is 0.863. The third-order valence-electron chi connectivity index (χ3n) is 2.77. The Bertz CT molecular complexity index is 498. The molecule has 0 aliphatic rings. The molecule has 0 aliphatic heterocycles. The number of hydrogen-bond acceptors (Lipinski definition) is 1. The number of hydrogen-bond donors (Lipinski definition) is 1. The van der Waals surface area contributed by atoms with Gasteiger partial charge in [-0.1, -0.05) is 38.1 Å². The average Bonchev–Trinajstić information content (AvgIpc) is 2.16. The highest BCUT2D eigenvalue weighted by Crippen LogP contribution is 2.31. The molecular formula is C14H16O. The summed E-state index contributed by atoms with van der Waals surface area (Å²) in [6.07, 6.45) is 0. The van der Waals surface area contributed by atoms with Crippen LogP contribution in [0, 0.1) is 6.92 Å². The van der Waals surface area contributed by atoms with Crippen molar-refractivity contribution in [1.82, 2.24) is 0 Å². The minimum atomic E-state index is 0.382. The second kappa shape index (κ2) is 3.58. The van der Waals surface area contributed by atoms with Gasteiger partial charge in [0.1, 0.15) is 5.75 Å². The maximum atomic E-state index is 9.86. The van der Waals surface area contributed by atoms with Crippen molar-refractivity contribution in [3.63, 3.8) is 0 Å². The molecule has 0 saturated heterocycles. The van der Waals surface area contributed by atoms with Crippen LogP contribution in [0.1, 0.15) is 30.9 Å². The van der Waals surface area contributed by atoms with E-state index in [1.165, 1.54) is 10.9 Å². The molecule has 78 valence electrons. The van der Waals surface area contributed by atoms with E-state index in [0.717, 1.165) is 10.9 Å². The zero-order valence-corrected chi connectivity index (χ0v) is 9.41. The van der Waals surface area contributed by atoms with E-state index in [4.69, 9.17) is 0 Å². The molecule has 1 N–H and O–H groups in total. The first-order chi connectivity index (χ1) is 7.09. The number of aryl methyl sites for hydroxylation is 1. The Labute approximate surface area is 90.4 Å². The zero-order valence-electron chi connectivity index (χ0n) is 9.41. The number of fused-ring (bicyclic) bond motifs is 1. The second-order valence-corrected chi connectivity index (χ2v) is 4.38. The van der Waals surface area contributed by atoms with Gasteiger partial charge in [-0.3, -0.25) is 0 Å². The Morgan fingerprint density at radius 1 is 1.07 bits per heavy atom. The summed E-state index contributed by atoms with van der Waals surface area (Å²) in [7, 11) is 0. The van der Waals surface area contributed by atoms with Gasteiger partial charge in [-0.2, -0.15) is 0 Å². The largest absolute Gasteiger partial charge is 0.507 e. The van der Waals surface area contributed by atoms with Crippen LogP contribution in [-0.4, -0.2) is 5.11 Å². The molecule has 0 atom stereocenters. The van der Waals surface area contributed by atoms with Crippen LogP contribution in [0.15, 0.2) is 30.3 Å². The first kappa shape index (κ1) is 10.0. The van der Waals surface area contributed by atoms with Gasteiger partial charge in [0.05, 0.1) is 0 Å². The van der Waals surface area contributed by atoms with E-state index in [-0.39, 0.29) is 0 Å². The molecule has 15 heavy (non-hydrogen) atoms. The normalized spacial score (nSPS) is 11.2. The third-order valence-corrected chi connectivity index (χ3v) is 2.77. The SMILES string of the molecule is Cc1cc(O)c2cccc(C(C)C)c2c1. The van der Waals surface area contributed by atoms with Crippen molar-refractivity contribution in [3.8, 4) is 5.75 Å². The van der Waals surface area contributed by atoms with Crippen LogP contribution in [0.2, 0.25) is 0 Å². The van der Waals surface area contributed by atoms with Gasteiger partial charge in [0.2, 0.25) is 0 Å². The van der Waals surface area contributed by atoms with Gasteiger partial charge in [0, 0.05) is 5.39 Å². The van der Waals surface area contributed by atoms with Crippen molar-refractivity contribution in [2.75, 3.05) is 0 Å². The molecule has 1 heteroatoms. The van der Waals surface area contributed by atoms with Crippen molar-refractivity contribution < 1.29 is 5.11 Å². The summed E-state index contributed by atoms with van der Waals surface area (Å²) in [6, 6.07) is 10.1. The Morgan fingerprint density at radius 2 is 1.80 bits per heavy atom. The lowest BCUT2D eigenvalue weighted by molar-refractivity contribution is 0.481. The summed E-state index contributed by atoms with van der Waals surface area (Å²) in [5, 5.41) is 12.0. The van der Waals surface area contributed by atoms with Crippen LogP contribution in [0.25, 0.3) is 10.8 Å². The van der Waals surface area contributed by atoms with Gasteiger partial charge in [-0.15, -0.1) is 0 Å². The Kier molecular flexibility index (Phi) is 2.39. The summed E-state index contributed by atoms with van der Waals surface area (Å²) in [5.41, 5.74) is 2.40. The first-order valence-corrected chi connectivity index (χ1v) is 5.32. The number of phenols is 1. The van der Waals surface area contributed by atoms with Crippen molar-refractivity contribution in [3.05, 3.63) is 41.5 Å². The quantitative estimate of drug-likeness (QED) is 0.738. The Hall–Kier alpha value is -1.50. The highest BCUT2D eigenvalue weighted by molar-refractivity contribution is 5.91. The van der Waals surface area contributed by atoms with Gasteiger partial charge in [0.15, 0.2) is 0 Å². The van der Waals surface area contributed by atoms with E-state index in [9.17, 15) is 5.11 Å². The molecule has 1 nitrogen and oxygen atoms in total. The molecule has 0 spiro atoms. The van der Waals surface area contributed by atoms with Gasteiger partial charge < -0.3 is 5.11 Å². The minimum absolute atomic E-state index is 0.382. The fourth-order valence-corrected chi connectivity index (χ4v) is 2.03. The monoisotopic (exact) mass is 200 g/mol. The van der Waals surface area contributed by atoms with E-state index < -0.39 is 0 Å². The predicted molar refractivity (Wildman–Crippen MR) is 64.4 cm³/mol. The molecule has 2 aromatic rings. The summed E-state index contributed by atoms with van der Waals surface area (Å²) in [6.45, 7) is 6.36. The maximum Gasteiger partial charge on any atom is 0.123 e. The third kappa shape index (κ3) is 1.70. The smallest absolute Gasteiger partial charge is 0.123 e. The zero-order chi connectivity index (χ0) is 11.0. The molecule has 2 aromatic carbocycles. The maximum absolute atomic E-state index is 9.86. The molecule has 0 bridgehead atoms. The van der Waals surface area contributed by atoms with Crippen molar-refractivity contribution in [2.24, 2.45) is 0 Å². The molecule has 0 heterocycles. The lowest BCUT2D eigenvalue weighted by atomic mass is 9.94. The van der Waals surface area contributed by atoms with E-state index in [2.05, 4.69) is 26.0 Å². The highest BCUT2D eigenvalue weighted by Gasteiger charge is 2.07. The van der Waals surface area contributed by atoms with Crippen molar-refractivity contribution in [1.29, 1.82) is 0 Å². The molecule has 2 rings (SSSR count). The van der Waals surface area contributed by atoms with Gasteiger partial charge in [-0.25, -0.2) is 0 Å². The molecule has 0 aromatic heterocycles. The van der Waals surface area contributed by atoms with E-state index in [1.54, 1.807) is 0 Å². The lowest BCUT2D eigenvalue weighted by Crippen LogP contribution is -1.90. The predicted octanol–water partition coefficient (Wildman–Crippen LogP) is 3.98. The first-order valence-electron chi connectivity index (χ1n) is 5.32. The Morgan fingerprint density at radius 3 is 2.47 bits per heavy atom. The average molecular weight is 200 g/mol. The number of benzene rings is 2. The van der Waals surface area contributed by atoms with E-state index in [1.807, 2.05) is 25.1 Å². The fraction of sp³-hybridized carbons (Fsp3) is 0.286. The summed E-state index contributed by atoms with van der Waals surface area (Å²) >= 11 is 0. The van der Waals surface area contributed by atoms with Gasteiger partial charge in [0.25, 0.3) is 0 Å². The van der Waals surface area contributed by atoms with Gasteiger partial charge >= 0.3 is 0 Å². The lowest BCUT2D eigenvalue weighted by Gasteiger charge is -2.11.